The van der Waals surface area contributed by atoms with Crippen LogP contribution in [0.3, 0.4) is 0 Å². The van der Waals surface area contributed by atoms with Crippen LogP contribution in [-0.2, 0) is 13.9 Å². The molecule has 0 bridgehead atoms. The maximum absolute atomic E-state index is 10.7. The lowest BCUT2D eigenvalue weighted by Crippen LogP contribution is -2.53. The van der Waals surface area contributed by atoms with Crippen LogP contribution in [0.4, 0.5) is 0 Å². The van der Waals surface area contributed by atoms with E-state index in [1.165, 1.54) is 19.3 Å². The SMILES string of the molecule is CCCCCC(C=C[C@H]1[C@@H]2CC3(OCCO3)[C@@H]2C[C@@H]1O)O[Si](C)(C)C(C)(C)C. The molecular weight excluding hydrogens is 368 g/mol. The largest absolute Gasteiger partial charge is 0.411 e. The molecule has 5 heteroatoms. The fourth-order valence-corrected chi connectivity index (χ4v) is 6.23. The van der Waals surface area contributed by atoms with Crippen molar-refractivity contribution in [1.29, 1.82) is 0 Å². The number of fused-ring (bicyclic) bond motifs is 2. The van der Waals surface area contributed by atoms with E-state index in [-0.39, 0.29) is 29.0 Å². The van der Waals surface area contributed by atoms with Gasteiger partial charge in [0.2, 0.25) is 0 Å². The molecule has 1 N–H and O–H groups in total. The van der Waals surface area contributed by atoms with Gasteiger partial charge in [-0.1, -0.05) is 59.1 Å². The molecule has 5 atom stereocenters. The summed E-state index contributed by atoms with van der Waals surface area (Å²) < 4.78 is 18.5. The molecule has 1 spiro atoms. The summed E-state index contributed by atoms with van der Waals surface area (Å²) in [7, 11) is -1.82. The molecule has 1 saturated heterocycles. The van der Waals surface area contributed by atoms with Crippen LogP contribution in [0, 0.1) is 17.8 Å². The number of rotatable bonds is 8. The average Bonchev–Trinajstić information content (AvgIpc) is 3.17. The van der Waals surface area contributed by atoms with Crippen molar-refractivity contribution in [3.8, 4) is 0 Å². The molecule has 3 fully saturated rings. The van der Waals surface area contributed by atoms with E-state index in [0.29, 0.717) is 25.0 Å². The van der Waals surface area contributed by atoms with E-state index in [2.05, 4.69) is 52.9 Å². The van der Waals surface area contributed by atoms with Crippen molar-refractivity contribution in [2.75, 3.05) is 13.2 Å². The van der Waals surface area contributed by atoms with Crippen LogP contribution in [0.5, 0.6) is 0 Å². The summed E-state index contributed by atoms with van der Waals surface area (Å²) in [5.74, 6) is 0.653. The van der Waals surface area contributed by atoms with Gasteiger partial charge in [0.25, 0.3) is 0 Å². The van der Waals surface area contributed by atoms with Gasteiger partial charge in [0.15, 0.2) is 14.1 Å². The first kappa shape index (κ1) is 22.5. The smallest absolute Gasteiger partial charge is 0.192 e. The summed E-state index contributed by atoms with van der Waals surface area (Å²) >= 11 is 0. The van der Waals surface area contributed by atoms with Gasteiger partial charge in [-0.05, 0) is 36.9 Å². The van der Waals surface area contributed by atoms with Gasteiger partial charge in [-0.3, -0.25) is 0 Å². The summed E-state index contributed by atoms with van der Waals surface area (Å²) in [6.07, 6.45) is 10.9. The van der Waals surface area contributed by atoms with Crippen LogP contribution in [0.1, 0.15) is 66.2 Å². The highest BCUT2D eigenvalue weighted by atomic mass is 28.4. The summed E-state index contributed by atoms with van der Waals surface area (Å²) in [5.41, 5.74) is 0. The van der Waals surface area contributed by atoms with Crippen molar-refractivity contribution < 1.29 is 19.0 Å². The van der Waals surface area contributed by atoms with Gasteiger partial charge >= 0.3 is 0 Å². The van der Waals surface area contributed by atoms with Crippen molar-refractivity contribution >= 4 is 8.32 Å². The first-order valence-electron chi connectivity index (χ1n) is 11.4. The van der Waals surface area contributed by atoms with Crippen LogP contribution in [-0.4, -0.2) is 44.6 Å². The predicted molar refractivity (Wildman–Crippen MR) is 116 cm³/mol. The highest BCUT2D eigenvalue weighted by molar-refractivity contribution is 6.74. The quantitative estimate of drug-likeness (QED) is 0.336. The first-order valence-corrected chi connectivity index (χ1v) is 14.3. The lowest BCUT2D eigenvalue weighted by Gasteiger charge is -2.49. The predicted octanol–water partition coefficient (Wildman–Crippen LogP) is 5.27. The minimum absolute atomic E-state index is 0.159. The average molecular weight is 411 g/mol. The van der Waals surface area contributed by atoms with E-state index >= 15 is 0 Å². The fraction of sp³-hybridized carbons (Fsp3) is 0.913. The zero-order valence-electron chi connectivity index (χ0n) is 18.9. The standard InChI is InChI=1S/C23H42O4Si/c1-7-8-9-10-17(27-28(5,6)22(2,3)4)11-12-18-19-16-23(25-13-14-26-23)20(19)15-21(18)24/h11-12,17-21,24H,7-10,13-16H2,1-6H3/t17?,18-,19-,20+,21-/m0/s1. The Morgan fingerprint density at radius 3 is 2.50 bits per heavy atom. The maximum atomic E-state index is 10.7. The molecule has 2 saturated carbocycles. The van der Waals surface area contributed by atoms with Crippen molar-refractivity contribution in [2.45, 2.75) is 102 Å². The second kappa shape index (κ2) is 8.50. The van der Waals surface area contributed by atoms with E-state index in [9.17, 15) is 5.11 Å². The number of unbranched alkanes of at least 4 members (excludes halogenated alkanes) is 2. The molecule has 3 aliphatic rings. The second-order valence-electron chi connectivity index (χ2n) is 10.7. The van der Waals surface area contributed by atoms with Gasteiger partial charge in [0, 0.05) is 18.3 Å². The zero-order valence-corrected chi connectivity index (χ0v) is 19.9. The lowest BCUT2D eigenvalue weighted by molar-refractivity contribution is -0.270. The Labute approximate surface area is 173 Å². The monoisotopic (exact) mass is 410 g/mol. The Balaban J connectivity index is 1.65. The topological polar surface area (TPSA) is 47.9 Å². The van der Waals surface area contributed by atoms with Crippen LogP contribution in [0.15, 0.2) is 12.2 Å². The Morgan fingerprint density at radius 1 is 1.21 bits per heavy atom. The Kier molecular flexibility index (Phi) is 6.83. The van der Waals surface area contributed by atoms with Crippen LogP contribution in [0.2, 0.25) is 18.1 Å². The highest BCUT2D eigenvalue weighted by Gasteiger charge is 2.64. The Bertz CT molecular complexity index is 547. The highest BCUT2D eigenvalue weighted by Crippen LogP contribution is 2.60. The molecule has 1 heterocycles. The van der Waals surface area contributed by atoms with Crippen molar-refractivity contribution in [3.63, 3.8) is 0 Å². The van der Waals surface area contributed by atoms with Gasteiger partial charge in [0.05, 0.1) is 25.4 Å². The maximum Gasteiger partial charge on any atom is 0.192 e. The molecule has 3 rings (SSSR count). The van der Waals surface area contributed by atoms with E-state index in [1.807, 2.05) is 0 Å². The molecule has 4 nitrogen and oxygen atoms in total. The van der Waals surface area contributed by atoms with E-state index in [0.717, 1.165) is 19.3 Å². The van der Waals surface area contributed by atoms with E-state index in [4.69, 9.17) is 13.9 Å². The van der Waals surface area contributed by atoms with E-state index < -0.39 is 8.32 Å². The third kappa shape index (κ3) is 4.44. The molecule has 0 amide bonds. The van der Waals surface area contributed by atoms with Gasteiger partial charge < -0.3 is 19.0 Å². The van der Waals surface area contributed by atoms with E-state index in [1.54, 1.807) is 0 Å². The van der Waals surface area contributed by atoms with Gasteiger partial charge in [-0.2, -0.15) is 0 Å². The molecule has 162 valence electrons. The number of hydrogen-bond donors (Lipinski definition) is 1. The zero-order chi connectivity index (χ0) is 20.6. The lowest BCUT2D eigenvalue weighted by atomic mass is 9.67. The number of aliphatic hydroxyl groups excluding tert-OH is 1. The Hall–Kier alpha value is -0.203. The number of ether oxygens (including phenoxy) is 2. The molecule has 2 aliphatic carbocycles. The summed E-state index contributed by atoms with van der Waals surface area (Å²) in [6.45, 7) is 15.2. The van der Waals surface area contributed by atoms with Gasteiger partial charge in [-0.25, -0.2) is 0 Å². The van der Waals surface area contributed by atoms with Crippen molar-refractivity contribution in [3.05, 3.63) is 12.2 Å². The molecular formula is C23H42O4Si. The summed E-state index contributed by atoms with van der Waals surface area (Å²) in [4.78, 5) is 0. The van der Waals surface area contributed by atoms with Crippen molar-refractivity contribution in [1.82, 2.24) is 0 Å². The molecule has 0 aromatic carbocycles. The van der Waals surface area contributed by atoms with Crippen LogP contribution < -0.4 is 0 Å². The van der Waals surface area contributed by atoms with Crippen molar-refractivity contribution in [2.24, 2.45) is 17.8 Å². The van der Waals surface area contributed by atoms with Crippen LogP contribution >= 0.6 is 0 Å². The summed E-state index contributed by atoms with van der Waals surface area (Å²) in [6, 6.07) is 0. The van der Waals surface area contributed by atoms with Gasteiger partial charge in [0.1, 0.15) is 0 Å². The fourth-order valence-electron chi connectivity index (χ4n) is 4.92. The number of aliphatic hydroxyl groups is 1. The number of hydrogen-bond acceptors (Lipinski definition) is 4. The summed E-state index contributed by atoms with van der Waals surface area (Å²) in [5, 5.41) is 10.9. The minimum Gasteiger partial charge on any atom is -0.411 e. The molecule has 1 aliphatic heterocycles. The molecule has 0 aromatic heterocycles. The second-order valence-corrected chi connectivity index (χ2v) is 15.4. The minimum atomic E-state index is -1.82. The molecule has 0 radical (unpaired) electrons. The third-order valence-corrected chi connectivity index (χ3v) is 12.2. The molecule has 0 aromatic rings. The van der Waals surface area contributed by atoms with Gasteiger partial charge in [-0.15, -0.1) is 0 Å². The molecule has 1 unspecified atom stereocenters. The third-order valence-electron chi connectivity index (χ3n) is 7.70. The normalized spacial score (nSPS) is 33.4. The first-order chi connectivity index (χ1) is 13.1. The Morgan fingerprint density at radius 2 is 1.89 bits per heavy atom. The molecule has 28 heavy (non-hydrogen) atoms. The van der Waals surface area contributed by atoms with Crippen LogP contribution in [0.25, 0.3) is 0 Å².